The molecule has 1 rings (SSSR count). The predicted octanol–water partition coefficient (Wildman–Crippen LogP) is -1.24. The van der Waals surface area contributed by atoms with Crippen molar-refractivity contribution in [1.82, 2.24) is 0 Å². The van der Waals surface area contributed by atoms with Gasteiger partial charge in [0, 0.05) is 0 Å². The third kappa shape index (κ3) is 3.64. The van der Waals surface area contributed by atoms with E-state index >= 15 is 0 Å². The van der Waals surface area contributed by atoms with Gasteiger partial charge in [-0.1, -0.05) is 18.2 Å². The fourth-order valence-electron chi connectivity index (χ4n) is 0.653. The highest BCUT2D eigenvalue weighted by Crippen LogP contribution is 2.09. The maximum atomic E-state index is 10.9. The maximum absolute atomic E-state index is 10.9. The average molecular weight is 240 g/mol. The van der Waals surface area contributed by atoms with Crippen LogP contribution < -0.4 is 12.4 Å². The Morgan fingerprint density at radius 3 is 2.00 bits per heavy atom. The van der Waals surface area contributed by atoms with Gasteiger partial charge in [0.1, 0.15) is 0 Å². The van der Waals surface area contributed by atoms with Crippen LogP contribution >= 0.6 is 12.4 Å². The van der Waals surface area contributed by atoms with E-state index in [1.807, 2.05) is 0 Å². The minimum Gasteiger partial charge on any atom is -1.00 e. The lowest BCUT2D eigenvalue weighted by Crippen LogP contribution is -3.00. The first-order valence-electron chi connectivity index (χ1n) is 2.89. The molecule has 72 valence electrons. The predicted molar refractivity (Wildman–Crippen MR) is 49.2 cm³/mol. The first-order chi connectivity index (χ1) is 5.17. The van der Waals surface area contributed by atoms with Gasteiger partial charge in [0.25, 0.3) is 6.57 Å². The second-order valence-corrected chi connectivity index (χ2v) is 3.53. The number of halogens is 2. The molecule has 0 N–H and O–H groups in total. The Hall–Kier alpha value is -0.760. The van der Waals surface area contributed by atoms with Crippen LogP contribution in [0.15, 0.2) is 35.2 Å². The van der Waals surface area contributed by atoms with Crippen LogP contribution in [0.3, 0.4) is 0 Å². The summed E-state index contributed by atoms with van der Waals surface area (Å²) in [6, 6.07) is 7.81. The van der Waals surface area contributed by atoms with Crippen molar-refractivity contribution in [2.24, 2.45) is 0 Å². The van der Waals surface area contributed by atoms with E-state index in [2.05, 4.69) is 10.8 Å². The summed E-state index contributed by atoms with van der Waals surface area (Å²) in [5, 5.41) is 0. The molecular formula is C7H7Cl2NO2S. The first-order valence-corrected chi connectivity index (χ1v) is 4.33. The lowest BCUT2D eigenvalue weighted by Gasteiger charge is -1.84. The number of rotatable bonds is 1. The van der Waals surface area contributed by atoms with Crippen molar-refractivity contribution in [2.45, 2.75) is 4.90 Å². The van der Waals surface area contributed by atoms with Crippen molar-refractivity contribution in [3.63, 3.8) is 0 Å². The molecule has 0 spiro atoms. The number of sulfonamides is 1. The van der Waals surface area contributed by atoms with Crippen LogP contribution in [0.5, 0.6) is 0 Å². The van der Waals surface area contributed by atoms with E-state index in [4.69, 9.17) is 0 Å². The molecule has 0 aromatic heterocycles. The lowest BCUT2D eigenvalue weighted by molar-refractivity contribution is -0.00000478. The van der Waals surface area contributed by atoms with Gasteiger partial charge >= 0.3 is 10.0 Å². The first kappa shape index (κ1) is 14.7. The molecule has 0 saturated heterocycles. The van der Waals surface area contributed by atoms with Crippen molar-refractivity contribution in [3.05, 3.63) is 34.6 Å². The topological polar surface area (TPSA) is 38.5 Å². The van der Waals surface area contributed by atoms with Crippen LogP contribution in [0.2, 0.25) is 0 Å². The SMILES string of the molecule is C#[N+]S(=O)(=O)c1ccccc1.Cl.[Cl-]. The van der Waals surface area contributed by atoms with E-state index in [0.29, 0.717) is 0 Å². The maximum Gasteiger partial charge on any atom is 0.510 e. The van der Waals surface area contributed by atoms with E-state index in [1.54, 1.807) is 18.2 Å². The molecule has 0 aliphatic rings. The Labute approximate surface area is 89.5 Å². The molecule has 0 saturated carbocycles. The highest BCUT2D eigenvalue weighted by Gasteiger charge is 2.20. The van der Waals surface area contributed by atoms with Crippen LogP contribution in [-0.2, 0) is 10.0 Å². The Kier molecular flexibility index (Phi) is 6.59. The van der Waals surface area contributed by atoms with E-state index in [0.717, 1.165) is 0 Å². The molecule has 1 aromatic carbocycles. The van der Waals surface area contributed by atoms with Gasteiger partial charge in [-0.05, 0) is 12.1 Å². The molecule has 0 aliphatic heterocycles. The molecule has 0 aliphatic carbocycles. The second-order valence-electron chi connectivity index (χ2n) is 1.89. The standard InChI is InChI=1S/C7H6NO2S.2ClH/c1-8-11(9,10)7-5-3-2-4-6-7;;/h1-6H;2*1H/q+1;;/p-1. The van der Waals surface area contributed by atoms with Crippen LogP contribution in [-0.4, -0.2) is 8.42 Å². The lowest BCUT2D eigenvalue weighted by atomic mass is 10.4. The average Bonchev–Trinajstić information content (AvgIpc) is 2.06. The van der Waals surface area contributed by atoms with Gasteiger partial charge in [0.05, 0.1) is 4.25 Å². The van der Waals surface area contributed by atoms with Gasteiger partial charge in [-0.3, -0.25) is 0 Å². The molecule has 1 aromatic rings. The number of nitrogens with zero attached hydrogens (tertiary/aromatic N) is 1. The number of hydrogen-bond acceptors (Lipinski definition) is 2. The number of hydrogen-bond donors (Lipinski definition) is 0. The van der Waals surface area contributed by atoms with Crippen molar-refractivity contribution in [3.8, 4) is 6.57 Å². The molecule has 0 unspecified atom stereocenters. The molecular weight excluding hydrogens is 233 g/mol. The summed E-state index contributed by atoms with van der Waals surface area (Å²) in [5.41, 5.74) is 0. The Morgan fingerprint density at radius 2 is 1.62 bits per heavy atom. The third-order valence-corrected chi connectivity index (χ3v) is 2.33. The molecule has 0 bridgehead atoms. The quantitative estimate of drug-likeness (QED) is 0.616. The summed E-state index contributed by atoms with van der Waals surface area (Å²) in [4.78, 5) is 0.113. The van der Waals surface area contributed by atoms with E-state index in [9.17, 15) is 8.42 Å². The minimum absolute atomic E-state index is 0. The molecule has 0 radical (unpaired) electrons. The molecule has 3 nitrogen and oxygen atoms in total. The Morgan fingerprint density at radius 1 is 1.15 bits per heavy atom. The monoisotopic (exact) mass is 239 g/mol. The van der Waals surface area contributed by atoms with Crippen LogP contribution in [0.4, 0.5) is 0 Å². The van der Waals surface area contributed by atoms with Gasteiger partial charge in [-0.25, -0.2) is 0 Å². The molecule has 6 heteroatoms. The summed E-state index contributed by atoms with van der Waals surface area (Å²) in [5.74, 6) is 0. The summed E-state index contributed by atoms with van der Waals surface area (Å²) in [7, 11) is -3.60. The fraction of sp³-hybridized carbons (Fsp3) is 0. The van der Waals surface area contributed by atoms with E-state index in [1.165, 1.54) is 12.1 Å². The second kappa shape index (κ2) is 5.81. The number of benzene rings is 1. The van der Waals surface area contributed by atoms with Gasteiger partial charge < -0.3 is 12.4 Å². The van der Waals surface area contributed by atoms with Crippen molar-refractivity contribution in [1.29, 1.82) is 0 Å². The molecule has 0 amide bonds. The molecule has 0 heterocycles. The highest BCUT2D eigenvalue weighted by atomic mass is 35.5. The normalized spacial score (nSPS) is 8.85. The third-order valence-electron chi connectivity index (χ3n) is 1.18. The minimum atomic E-state index is -3.60. The summed E-state index contributed by atoms with van der Waals surface area (Å²) in [6.07, 6.45) is 0. The molecule has 0 fully saturated rings. The smallest absolute Gasteiger partial charge is 0.510 e. The van der Waals surface area contributed by atoms with Gasteiger partial charge in [-0.15, -0.1) is 20.8 Å². The van der Waals surface area contributed by atoms with Gasteiger partial charge in [0.2, 0.25) is 0 Å². The van der Waals surface area contributed by atoms with Crippen LogP contribution in [0.1, 0.15) is 0 Å². The largest absolute Gasteiger partial charge is 1.00 e. The van der Waals surface area contributed by atoms with Crippen LogP contribution in [0, 0.1) is 6.57 Å². The zero-order valence-electron chi connectivity index (χ0n) is 6.42. The van der Waals surface area contributed by atoms with E-state index in [-0.39, 0.29) is 29.7 Å². The Bertz CT molecular complexity index is 383. The highest BCUT2D eigenvalue weighted by molar-refractivity contribution is 7.93. The summed E-state index contributed by atoms with van der Waals surface area (Å²) in [6.45, 7) is 4.68. The summed E-state index contributed by atoms with van der Waals surface area (Å²) < 4.78 is 24.6. The Balaban J connectivity index is 0. The zero-order valence-corrected chi connectivity index (χ0v) is 8.81. The zero-order chi connectivity index (χ0) is 8.32. The summed E-state index contributed by atoms with van der Waals surface area (Å²) >= 11 is 0. The van der Waals surface area contributed by atoms with Crippen molar-refractivity contribution >= 4 is 22.4 Å². The molecule has 13 heavy (non-hydrogen) atoms. The molecule has 0 atom stereocenters. The van der Waals surface area contributed by atoms with Gasteiger partial charge in [0.15, 0.2) is 4.90 Å². The van der Waals surface area contributed by atoms with Crippen LogP contribution in [0.25, 0.3) is 4.25 Å². The van der Waals surface area contributed by atoms with Gasteiger partial charge in [-0.2, -0.15) is 0 Å². The van der Waals surface area contributed by atoms with E-state index < -0.39 is 10.0 Å². The van der Waals surface area contributed by atoms with Crippen molar-refractivity contribution in [2.75, 3.05) is 0 Å². The fourth-order valence-corrected chi connectivity index (χ4v) is 1.28. The van der Waals surface area contributed by atoms with Crippen molar-refractivity contribution < 1.29 is 20.8 Å².